The Hall–Kier alpha value is -5.31. The van der Waals surface area contributed by atoms with Crippen LogP contribution >= 0.6 is 0 Å². The van der Waals surface area contributed by atoms with E-state index in [9.17, 15) is 20.4 Å². The summed E-state index contributed by atoms with van der Waals surface area (Å²) in [5.41, 5.74) is 12.3. The summed E-state index contributed by atoms with van der Waals surface area (Å²) in [7, 11) is 0. The zero-order chi connectivity index (χ0) is 38.2. The Labute approximate surface area is 386 Å². The van der Waals surface area contributed by atoms with Gasteiger partial charge in [0.2, 0.25) is 20.2 Å². The first-order valence-corrected chi connectivity index (χ1v) is 18.0. The first-order chi connectivity index (χ1) is 27.5. The van der Waals surface area contributed by atoms with Crippen molar-refractivity contribution >= 4 is 33.9 Å². The molecule has 5 aliphatic rings. The van der Waals surface area contributed by atoms with Crippen LogP contribution in [0.25, 0.3) is 16.7 Å². The van der Waals surface area contributed by atoms with Gasteiger partial charge in [0.15, 0.2) is 37.2 Å². The van der Waals surface area contributed by atoms with Crippen LogP contribution in [0.3, 0.4) is 0 Å². The van der Waals surface area contributed by atoms with Gasteiger partial charge in [-0.3, -0.25) is 0 Å². The Kier molecular flexibility index (Phi) is 16.6. The van der Waals surface area contributed by atoms with Crippen LogP contribution in [-0.4, -0.2) is 49.2 Å². The number of hydrogen-bond acceptors (Lipinski definition) is 8. The van der Waals surface area contributed by atoms with Crippen molar-refractivity contribution in [3.05, 3.63) is 203 Å². The van der Waals surface area contributed by atoms with Gasteiger partial charge < -0.3 is 79.9 Å². The van der Waals surface area contributed by atoms with E-state index in [2.05, 4.69) is 0 Å². The second kappa shape index (κ2) is 21.0. The normalized spacial score (nSPS) is 15.8. The fourth-order valence-electron chi connectivity index (χ4n) is 7.14. The van der Waals surface area contributed by atoms with Gasteiger partial charge in [0.25, 0.3) is 0 Å². The average Bonchev–Trinajstić information content (AvgIpc) is 4.10. The maximum Gasteiger partial charge on any atom is 2.00 e. The maximum atomic E-state index is 9.79. The van der Waals surface area contributed by atoms with Gasteiger partial charge in [-0.1, -0.05) is 12.1 Å². The predicted molar refractivity (Wildman–Crippen MR) is 209 cm³/mol. The molecule has 0 spiro atoms. The molecule has 314 valence electrons. The third kappa shape index (κ3) is 9.46. The zero-order valence-electron chi connectivity index (χ0n) is 31.9. The molecular formula is C44H36Cl4N8NiO4. The van der Waals surface area contributed by atoms with Crippen molar-refractivity contribution in [3.8, 4) is 0 Å². The summed E-state index contributed by atoms with van der Waals surface area (Å²) in [5, 5.41) is 39.2. The average molecular weight is 941 g/mol. The van der Waals surface area contributed by atoms with E-state index in [1.807, 2.05) is 147 Å². The molecule has 0 fully saturated rings. The molecule has 9 rings (SSSR count). The minimum absolute atomic E-state index is 0. The number of aromatic nitrogens is 4. The molecule has 0 aliphatic carbocycles. The molecule has 0 amide bonds. The maximum absolute atomic E-state index is 9.79. The molecule has 0 radical (unpaired) electrons. The summed E-state index contributed by atoms with van der Waals surface area (Å²) in [5.74, 6) is 0. The molecule has 0 saturated carbocycles. The van der Waals surface area contributed by atoms with E-state index in [0.717, 1.165) is 44.6 Å². The fourth-order valence-corrected chi connectivity index (χ4v) is 7.14. The van der Waals surface area contributed by atoms with Crippen molar-refractivity contribution in [3.63, 3.8) is 0 Å². The van der Waals surface area contributed by atoms with Gasteiger partial charge >= 0.3 is 16.5 Å². The fraction of sp³-hybridized carbons (Fsp3) is 0.0909. The minimum atomic E-state index is -0.153. The number of hydrogen-bond donors (Lipinski definition) is 4. The Morgan fingerprint density at radius 3 is 1.15 bits per heavy atom. The molecule has 4 N–H and O–H groups in total. The largest absolute Gasteiger partial charge is 2.00 e. The Balaban J connectivity index is 0.00000164. The number of aliphatic hydroxyl groups is 4. The van der Waals surface area contributed by atoms with Gasteiger partial charge in [-0.15, -0.1) is 11.4 Å². The van der Waals surface area contributed by atoms with Gasteiger partial charge in [0.1, 0.15) is 6.73 Å². The molecule has 12 nitrogen and oxygen atoms in total. The van der Waals surface area contributed by atoms with E-state index in [4.69, 9.17) is 20.0 Å². The second-order valence-electron chi connectivity index (χ2n) is 13.3. The number of pyridine rings is 3. The topological polar surface area (TPSA) is 147 Å². The summed E-state index contributed by atoms with van der Waals surface area (Å²) >= 11 is 0. The number of rotatable bonds is 7. The standard InChI is InChI=1S/C44H36N8O4.4ClH.Ni/c53-25-49-17-9-29(10-18-49)41-33-1-2-34(45-33)42(30-11-19-50(26-54)20-12-30)36-5-6-38(47-36)44(32-15-23-52(28-56)24-16-32)40-8-7-39(48-40)43(37-4-3-35(41)46-37)31-13-21-51(27-55)22-14-31;;;;;/h1-24,53-56H,25-28H2;4*1H;/q+2;;;;;+2/p-4. The van der Waals surface area contributed by atoms with E-state index >= 15 is 0 Å². The van der Waals surface area contributed by atoms with Crippen LogP contribution in [0.1, 0.15) is 28.1 Å². The van der Waals surface area contributed by atoms with Crippen molar-refractivity contribution in [1.82, 2.24) is 9.88 Å². The first kappa shape index (κ1) is 48.4. The van der Waals surface area contributed by atoms with Gasteiger partial charge in [-0.05, 0) is 82.0 Å². The first-order valence-electron chi connectivity index (χ1n) is 18.0. The predicted octanol–water partition coefficient (Wildman–Crippen LogP) is -9.07. The van der Waals surface area contributed by atoms with E-state index in [-0.39, 0.29) is 93.0 Å². The van der Waals surface area contributed by atoms with Crippen molar-refractivity contribution in [2.24, 2.45) is 15.0 Å². The quantitative estimate of drug-likeness (QED) is 0.107. The van der Waals surface area contributed by atoms with E-state index in [0.29, 0.717) is 45.6 Å². The van der Waals surface area contributed by atoms with Crippen LogP contribution in [0.15, 0.2) is 190 Å². The summed E-state index contributed by atoms with van der Waals surface area (Å²) in [4.78, 5) is 22.7. The smallest absolute Gasteiger partial charge is 1.00 e. The van der Waals surface area contributed by atoms with Crippen molar-refractivity contribution in [2.75, 3.05) is 6.73 Å². The van der Waals surface area contributed by atoms with Crippen LogP contribution < -0.4 is 68.3 Å². The molecule has 0 atom stereocenters. The van der Waals surface area contributed by atoms with Gasteiger partial charge in [-0.2, -0.15) is 13.7 Å². The zero-order valence-corrected chi connectivity index (χ0v) is 35.9. The SMILES string of the molecule is OCN1C=CC(=C2C3=NC(=C(c4cc[n+](CO)cc4)C4=NC(=C(c5cc[n+](CO)cc5)c5ccc([n-]5)C(c5cc[n+](CO)cc5)=C5C=CC2=N5)C=C4)C=C3)C=C1.[Cl-].[Cl-].[Cl-].[Cl-].[Ni+2]. The van der Waals surface area contributed by atoms with Crippen LogP contribution in [0.4, 0.5) is 0 Å². The van der Waals surface area contributed by atoms with Gasteiger partial charge in [-0.25, -0.2) is 15.0 Å². The van der Waals surface area contributed by atoms with Crippen LogP contribution in [0, 0.1) is 0 Å². The van der Waals surface area contributed by atoms with Crippen LogP contribution in [0.2, 0.25) is 0 Å². The minimum Gasteiger partial charge on any atom is -1.00 e. The molecule has 17 heteroatoms. The van der Waals surface area contributed by atoms with Gasteiger partial charge in [0.05, 0.1) is 34.2 Å². The third-order valence-electron chi connectivity index (χ3n) is 9.98. The third-order valence-corrected chi connectivity index (χ3v) is 9.98. The summed E-state index contributed by atoms with van der Waals surface area (Å²) in [6.45, 7) is -0.612. The van der Waals surface area contributed by atoms with E-state index in [1.54, 1.807) is 18.6 Å². The molecule has 0 saturated heterocycles. The monoisotopic (exact) mass is 938 g/mol. The molecular weight excluding hydrogens is 905 g/mol. The Morgan fingerprint density at radius 2 is 0.787 bits per heavy atom. The van der Waals surface area contributed by atoms with E-state index < -0.39 is 0 Å². The molecule has 4 aromatic rings. The summed E-state index contributed by atoms with van der Waals surface area (Å²) in [6.07, 6.45) is 30.4. The number of aliphatic hydroxyl groups excluding tert-OH is 4. The molecule has 9 heterocycles. The van der Waals surface area contributed by atoms with Crippen LogP contribution in [-0.2, 0) is 36.7 Å². The number of aliphatic imine (C=N–C) groups is 3. The van der Waals surface area contributed by atoms with Crippen molar-refractivity contribution in [1.29, 1.82) is 0 Å². The summed E-state index contributed by atoms with van der Waals surface area (Å²) in [6, 6.07) is 15.6. The number of allylic oxidation sites excluding steroid dienone is 11. The van der Waals surface area contributed by atoms with Crippen molar-refractivity contribution < 1.29 is 100 Å². The number of fused-ring (bicyclic) bond motifs is 5. The Morgan fingerprint density at radius 1 is 0.443 bits per heavy atom. The molecule has 0 aromatic carbocycles. The molecule has 8 bridgehead atoms. The molecule has 0 unspecified atom stereocenters. The van der Waals surface area contributed by atoms with Crippen LogP contribution in [0.5, 0.6) is 0 Å². The van der Waals surface area contributed by atoms with Crippen molar-refractivity contribution in [2.45, 2.75) is 20.2 Å². The molecule has 5 aliphatic heterocycles. The second-order valence-corrected chi connectivity index (χ2v) is 13.3. The summed E-state index contributed by atoms with van der Waals surface area (Å²) < 4.78 is 5.03. The molecule has 61 heavy (non-hydrogen) atoms. The molecule has 4 aromatic heterocycles. The Bertz CT molecular complexity index is 2660. The number of halogens is 4. The number of nitrogens with zero attached hydrogens (tertiary/aromatic N) is 8. The van der Waals surface area contributed by atoms with Gasteiger partial charge in [0, 0.05) is 59.9 Å². The van der Waals surface area contributed by atoms with E-state index in [1.165, 1.54) is 0 Å².